The summed E-state index contributed by atoms with van der Waals surface area (Å²) in [5, 5.41) is 5.18. The molecule has 0 N–H and O–H groups in total. The summed E-state index contributed by atoms with van der Waals surface area (Å²) in [6.07, 6.45) is 2.91. The zero-order valence-electron chi connectivity index (χ0n) is 13.2. The Morgan fingerprint density at radius 1 is 1.17 bits per heavy atom. The second-order valence-electron chi connectivity index (χ2n) is 5.77. The quantitative estimate of drug-likeness (QED) is 0.805. The summed E-state index contributed by atoms with van der Waals surface area (Å²) in [5.41, 5.74) is 0.990. The number of hydrogen-bond acceptors (Lipinski definition) is 4. The molecule has 2 aromatic rings. The van der Waals surface area contributed by atoms with Crippen molar-refractivity contribution in [1.29, 1.82) is 0 Å². The fourth-order valence-electron chi connectivity index (χ4n) is 2.70. The Labute approximate surface area is 151 Å². The van der Waals surface area contributed by atoms with Crippen LogP contribution in [0.5, 0.6) is 0 Å². The highest BCUT2D eigenvalue weighted by atomic mass is 35.5. The number of hydrogen-bond donors (Lipinski definition) is 0. The van der Waals surface area contributed by atoms with Crippen LogP contribution in [0.15, 0.2) is 35.5 Å². The maximum absolute atomic E-state index is 12.6. The highest BCUT2D eigenvalue weighted by molar-refractivity contribution is 7.89. The van der Waals surface area contributed by atoms with E-state index in [0.717, 1.165) is 5.56 Å². The summed E-state index contributed by atoms with van der Waals surface area (Å²) < 4.78 is 28.1. The van der Waals surface area contributed by atoms with Gasteiger partial charge in [-0.3, -0.25) is 9.58 Å². The molecule has 0 bridgehead atoms. The van der Waals surface area contributed by atoms with E-state index in [1.807, 2.05) is 12.1 Å². The molecule has 130 valence electrons. The van der Waals surface area contributed by atoms with Gasteiger partial charge in [-0.2, -0.15) is 9.40 Å². The molecule has 0 atom stereocenters. The minimum atomic E-state index is -3.47. The van der Waals surface area contributed by atoms with Crippen LogP contribution in [0.3, 0.4) is 0 Å². The minimum absolute atomic E-state index is 0.235. The molecular formula is C15H18Cl2N4O2S. The van der Waals surface area contributed by atoms with Gasteiger partial charge in [-0.05, 0) is 17.7 Å². The van der Waals surface area contributed by atoms with E-state index >= 15 is 0 Å². The minimum Gasteiger partial charge on any atom is -0.296 e. The zero-order chi connectivity index (χ0) is 17.3. The van der Waals surface area contributed by atoms with Crippen LogP contribution in [0.1, 0.15) is 5.56 Å². The number of aryl methyl sites for hydroxylation is 1. The standard InChI is InChI=1S/C15H18Cl2N4O2S/c1-19-11-14(9-18-19)24(22,23)21-6-4-20(5-7-21)10-12-2-3-13(16)8-15(12)17/h2-3,8-9,11H,4-7,10H2,1H3. The first-order valence-corrected chi connectivity index (χ1v) is 9.71. The Bertz CT molecular complexity index is 830. The zero-order valence-corrected chi connectivity index (χ0v) is 15.5. The summed E-state index contributed by atoms with van der Waals surface area (Å²) in [6.45, 7) is 2.87. The molecule has 0 aliphatic carbocycles. The highest BCUT2D eigenvalue weighted by Gasteiger charge is 2.29. The highest BCUT2D eigenvalue weighted by Crippen LogP contribution is 2.23. The molecule has 0 radical (unpaired) electrons. The molecule has 1 fully saturated rings. The number of aromatic nitrogens is 2. The van der Waals surface area contributed by atoms with E-state index in [0.29, 0.717) is 42.8 Å². The lowest BCUT2D eigenvalue weighted by Gasteiger charge is -2.33. The van der Waals surface area contributed by atoms with Crippen molar-refractivity contribution in [2.24, 2.45) is 7.05 Å². The molecule has 1 aromatic heterocycles. The summed E-state index contributed by atoms with van der Waals surface area (Å²) >= 11 is 12.1. The van der Waals surface area contributed by atoms with Crippen LogP contribution in [0.4, 0.5) is 0 Å². The van der Waals surface area contributed by atoms with E-state index in [1.54, 1.807) is 13.1 Å². The molecule has 1 aromatic carbocycles. The lowest BCUT2D eigenvalue weighted by molar-refractivity contribution is 0.181. The van der Waals surface area contributed by atoms with Crippen molar-refractivity contribution in [2.75, 3.05) is 26.2 Å². The summed E-state index contributed by atoms with van der Waals surface area (Å²) in [5.74, 6) is 0. The van der Waals surface area contributed by atoms with Crippen LogP contribution in [-0.4, -0.2) is 53.6 Å². The first-order chi connectivity index (χ1) is 11.4. The van der Waals surface area contributed by atoms with Gasteiger partial charge in [0.05, 0.1) is 6.20 Å². The SMILES string of the molecule is Cn1cc(S(=O)(=O)N2CCN(Cc3ccc(Cl)cc3Cl)CC2)cn1. The first kappa shape index (κ1) is 17.7. The maximum atomic E-state index is 12.6. The van der Waals surface area contributed by atoms with Gasteiger partial charge in [0.25, 0.3) is 0 Å². The maximum Gasteiger partial charge on any atom is 0.246 e. The Morgan fingerprint density at radius 3 is 2.46 bits per heavy atom. The number of halogens is 2. The van der Waals surface area contributed by atoms with Crippen LogP contribution in [0, 0.1) is 0 Å². The van der Waals surface area contributed by atoms with E-state index in [4.69, 9.17) is 23.2 Å². The van der Waals surface area contributed by atoms with Gasteiger partial charge in [0, 0.05) is 56.0 Å². The van der Waals surface area contributed by atoms with Crippen molar-refractivity contribution < 1.29 is 8.42 Å². The lowest BCUT2D eigenvalue weighted by Crippen LogP contribution is -2.48. The van der Waals surface area contributed by atoms with Gasteiger partial charge in [0.2, 0.25) is 10.0 Å². The first-order valence-electron chi connectivity index (χ1n) is 7.51. The largest absolute Gasteiger partial charge is 0.296 e. The smallest absolute Gasteiger partial charge is 0.246 e. The molecule has 0 spiro atoms. The molecule has 1 saturated heterocycles. The Morgan fingerprint density at radius 2 is 1.88 bits per heavy atom. The van der Waals surface area contributed by atoms with Gasteiger partial charge >= 0.3 is 0 Å². The fraction of sp³-hybridized carbons (Fsp3) is 0.400. The molecule has 3 rings (SSSR count). The van der Waals surface area contributed by atoms with Crippen molar-refractivity contribution in [1.82, 2.24) is 19.0 Å². The average Bonchev–Trinajstić information content (AvgIpc) is 2.98. The van der Waals surface area contributed by atoms with Crippen molar-refractivity contribution in [3.05, 3.63) is 46.2 Å². The topological polar surface area (TPSA) is 58.4 Å². The van der Waals surface area contributed by atoms with Gasteiger partial charge in [-0.15, -0.1) is 0 Å². The molecule has 1 aliphatic heterocycles. The fourth-order valence-corrected chi connectivity index (χ4v) is 4.58. The normalized spacial score (nSPS) is 17.3. The number of piperazine rings is 1. The van der Waals surface area contributed by atoms with E-state index in [2.05, 4.69) is 10.00 Å². The molecular weight excluding hydrogens is 371 g/mol. The Hall–Kier alpha value is -1.12. The molecule has 2 heterocycles. The number of nitrogens with zero attached hydrogens (tertiary/aromatic N) is 4. The van der Waals surface area contributed by atoms with Crippen molar-refractivity contribution >= 4 is 33.2 Å². The average molecular weight is 389 g/mol. The van der Waals surface area contributed by atoms with E-state index in [-0.39, 0.29) is 4.90 Å². The Kier molecular flexibility index (Phi) is 5.17. The predicted octanol–water partition coefficient (Wildman–Crippen LogP) is 2.23. The summed E-state index contributed by atoms with van der Waals surface area (Å²) in [4.78, 5) is 2.42. The van der Waals surface area contributed by atoms with Gasteiger partial charge in [0.1, 0.15) is 4.90 Å². The number of sulfonamides is 1. The van der Waals surface area contributed by atoms with E-state index in [1.165, 1.54) is 21.4 Å². The lowest BCUT2D eigenvalue weighted by atomic mass is 10.2. The Balaban J connectivity index is 1.63. The third-order valence-corrected chi connectivity index (χ3v) is 6.50. The van der Waals surface area contributed by atoms with Crippen LogP contribution in [0.2, 0.25) is 10.0 Å². The molecule has 24 heavy (non-hydrogen) atoms. The second-order valence-corrected chi connectivity index (χ2v) is 8.55. The summed E-state index contributed by atoms with van der Waals surface area (Å²) in [6, 6.07) is 5.44. The van der Waals surface area contributed by atoms with Crippen molar-refractivity contribution in [3.8, 4) is 0 Å². The van der Waals surface area contributed by atoms with Crippen molar-refractivity contribution in [3.63, 3.8) is 0 Å². The van der Waals surface area contributed by atoms with Crippen LogP contribution >= 0.6 is 23.2 Å². The van der Waals surface area contributed by atoms with E-state index in [9.17, 15) is 8.42 Å². The number of rotatable bonds is 4. The van der Waals surface area contributed by atoms with E-state index < -0.39 is 10.0 Å². The second kappa shape index (κ2) is 7.01. The summed E-state index contributed by atoms with van der Waals surface area (Å²) in [7, 11) is -1.77. The molecule has 9 heteroatoms. The molecule has 0 amide bonds. The van der Waals surface area contributed by atoms with Gasteiger partial charge < -0.3 is 0 Å². The van der Waals surface area contributed by atoms with Crippen molar-refractivity contribution in [2.45, 2.75) is 11.4 Å². The van der Waals surface area contributed by atoms with Gasteiger partial charge in [-0.25, -0.2) is 8.42 Å². The van der Waals surface area contributed by atoms with Crippen LogP contribution < -0.4 is 0 Å². The van der Waals surface area contributed by atoms with Gasteiger partial charge in [-0.1, -0.05) is 29.3 Å². The molecule has 1 aliphatic rings. The number of benzene rings is 1. The molecule has 0 saturated carbocycles. The van der Waals surface area contributed by atoms with Crippen LogP contribution in [-0.2, 0) is 23.6 Å². The van der Waals surface area contributed by atoms with Crippen LogP contribution in [0.25, 0.3) is 0 Å². The van der Waals surface area contributed by atoms with Gasteiger partial charge in [0.15, 0.2) is 0 Å². The third-order valence-electron chi connectivity index (χ3n) is 4.06. The predicted molar refractivity (Wildman–Crippen MR) is 93.7 cm³/mol. The molecule has 0 unspecified atom stereocenters. The third kappa shape index (κ3) is 3.75. The molecule has 6 nitrogen and oxygen atoms in total. The monoisotopic (exact) mass is 388 g/mol.